The van der Waals surface area contributed by atoms with E-state index in [1.807, 2.05) is 12.1 Å². The molecule has 210 valence electrons. The van der Waals surface area contributed by atoms with Gasteiger partial charge in [-0.1, -0.05) is 97.8 Å². The number of nitrogens with zero attached hydrogens (tertiary/aromatic N) is 2. The highest BCUT2D eigenvalue weighted by atomic mass is 16.5. The van der Waals surface area contributed by atoms with E-state index in [0.717, 1.165) is 48.9 Å². The van der Waals surface area contributed by atoms with Crippen LogP contribution in [0.4, 0.5) is 0 Å². The predicted molar refractivity (Wildman–Crippen MR) is 169 cm³/mol. The summed E-state index contributed by atoms with van der Waals surface area (Å²) in [7, 11) is 0. The van der Waals surface area contributed by atoms with Gasteiger partial charge >= 0.3 is 0 Å². The molecule has 3 aromatic rings. The fourth-order valence-corrected chi connectivity index (χ4v) is 5.52. The average Bonchev–Trinajstić information content (AvgIpc) is 3.02. The Kier molecular flexibility index (Phi) is 10.9. The van der Waals surface area contributed by atoms with Crippen LogP contribution in [-0.2, 0) is 0 Å². The molecule has 4 nitrogen and oxygen atoms in total. The molecule has 0 N–H and O–H groups in total. The summed E-state index contributed by atoms with van der Waals surface area (Å²) in [4.78, 5) is 5.03. The zero-order valence-electron chi connectivity index (χ0n) is 23.8. The van der Waals surface area contributed by atoms with Crippen molar-refractivity contribution in [3.63, 3.8) is 0 Å². The van der Waals surface area contributed by atoms with Crippen molar-refractivity contribution in [1.82, 2.24) is 9.80 Å². The van der Waals surface area contributed by atoms with Gasteiger partial charge in [0.25, 0.3) is 0 Å². The molecule has 0 spiro atoms. The Morgan fingerprint density at radius 3 is 1.30 bits per heavy atom. The first-order valence-electron chi connectivity index (χ1n) is 15.2. The summed E-state index contributed by atoms with van der Waals surface area (Å²) in [5.74, 6) is 1.90. The number of hydrogen-bond donors (Lipinski definition) is 0. The highest BCUT2D eigenvalue weighted by Gasteiger charge is 2.11. The predicted octanol–water partition coefficient (Wildman–Crippen LogP) is 7.76. The van der Waals surface area contributed by atoms with Gasteiger partial charge in [0.05, 0.1) is 0 Å². The van der Waals surface area contributed by atoms with Crippen molar-refractivity contribution in [3.8, 4) is 11.5 Å². The van der Waals surface area contributed by atoms with E-state index in [2.05, 4.69) is 94.8 Å². The van der Waals surface area contributed by atoms with E-state index in [9.17, 15) is 0 Å². The summed E-state index contributed by atoms with van der Waals surface area (Å²) in [6.07, 6.45) is 16.6. The molecule has 0 bridgehead atoms. The number of rotatable bonds is 12. The third-order valence-electron chi connectivity index (χ3n) is 7.91. The highest BCUT2D eigenvalue weighted by Crippen LogP contribution is 2.23. The van der Waals surface area contributed by atoms with Crippen molar-refractivity contribution in [2.45, 2.75) is 38.5 Å². The summed E-state index contributed by atoms with van der Waals surface area (Å²) in [6, 6.07) is 25.3. The normalized spacial score (nSPS) is 17.0. The molecule has 2 heterocycles. The van der Waals surface area contributed by atoms with Crippen LogP contribution in [0.1, 0.15) is 60.8 Å². The Hall–Kier alpha value is -3.34. The molecule has 0 saturated carbocycles. The van der Waals surface area contributed by atoms with E-state index in [-0.39, 0.29) is 0 Å². The highest BCUT2D eigenvalue weighted by molar-refractivity contribution is 5.75. The minimum Gasteiger partial charge on any atom is -0.492 e. The van der Waals surface area contributed by atoms with Gasteiger partial charge in [0.2, 0.25) is 0 Å². The zero-order chi connectivity index (χ0) is 27.2. The van der Waals surface area contributed by atoms with Crippen LogP contribution in [-0.4, -0.2) is 62.3 Å². The molecule has 0 radical (unpaired) electrons. The molecular weight excluding hydrogens is 492 g/mol. The maximum absolute atomic E-state index is 6.17. The summed E-state index contributed by atoms with van der Waals surface area (Å²) in [5, 5.41) is 0. The molecule has 4 heteroatoms. The average molecular weight is 537 g/mol. The first-order valence-corrected chi connectivity index (χ1v) is 15.2. The lowest BCUT2D eigenvalue weighted by molar-refractivity contribution is 0.183. The topological polar surface area (TPSA) is 24.9 Å². The quantitative estimate of drug-likeness (QED) is 0.221. The second-order valence-corrected chi connectivity index (χ2v) is 10.9. The molecule has 0 aliphatic carbocycles. The largest absolute Gasteiger partial charge is 0.492 e. The van der Waals surface area contributed by atoms with Crippen LogP contribution in [0.5, 0.6) is 11.5 Å². The Bertz CT molecular complexity index is 1130. The zero-order valence-corrected chi connectivity index (χ0v) is 23.8. The number of benzene rings is 3. The number of piperidine rings is 2. The Morgan fingerprint density at radius 1 is 0.475 bits per heavy atom. The van der Waals surface area contributed by atoms with Crippen molar-refractivity contribution in [1.29, 1.82) is 0 Å². The summed E-state index contributed by atoms with van der Waals surface area (Å²) in [5.41, 5.74) is 4.56. The standard InChI is InChI=1S/C36H44N2O2/c1-7-23-37(24-8-1)27-29-39-35-13-5-3-11-33(35)21-19-31-15-17-32(18-16-31)20-22-34-12-4-6-14-36(34)40-30-28-38-25-9-2-10-26-38/h3-6,11-22H,1-2,7-10,23-30H2/b21-19+,22-20+. The number of likely N-dealkylation sites (tertiary alicyclic amines) is 2. The fraction of sp³-hybridized carbons (Fsp3) is 0.389. The third-order valence-corrected chi connectivity index (χ3v) is 7.91. The van der Waals surface area contributed by atoms with Crippen LogP contribution in [0, 0.1) is 0 Å². The summed E-state index contributed by atoms with van der Waals surface area (Å²) < 4.78 is 12.3. The Balaban J connectivity index is 1.13. The molecule has 2 aliphatic rings. The second kappa shape index (κ2) is 15.4. The van der Waals surface area contributed by atoms with Gasteiger partial charge in [0.15, 0.2) is 0 Å². The fourth-order valence-electron chi connectivity index (χ4n) is 5.52. The van der Waals surface area contributed by atoms with Crippen molar-refractivity contribution in [3.05, 3.63) is 95.1 Å². The lowest BCUT2D eigenvalue weighted by atomic mass is 10.1. The van der Waals surface area contributed by atoms with Crippen LogP contribution < -0.4 is 9.47 Å². The van der Waals surface area contributed by atoms with Crippen molar-refractivity contribution < 1.29 is 9.47 Å². The van der Waals surface area contributed by atoms with E-state index < -0.39 is 0 Å². The number of para-hydroxylation sites is 2. The van der Waals surface area contributed by atoms with E-state index in [4.69, 9.17) is 9.47 Å². The summed E-state index contributed by atoms with van der Waals surface area (Å²) >= 11 is 0. The number of hydrogen-bond acceptors (Lipinski definition) is 4. The SMILES string of the molecule is C(=C\c1ccccc1OCCN1CCCCC1)/c1ccc(/C=C/c2ccccc2OCCN2CCCCC2)cc1. The van der Waals surface area contributed by atoms with Gasteiger partial charge < -0.3 is 9.47 Å². The minimum atomic E-state index is 0.735. The molecule has 0 unspecified atom stereocenters. The molecule has 0 aromatic heterocycles. The number of ether oxygens (including phenoxy) is 2. The summed E-state index contributed by atoms with van der Waals surface area (Å²) in [6.45, 7) is 8.29. The molecule has 2 fully saturated rings. The molecule has 2 aliphatic heterocycles. The smallest absolute Gasteiger partial charge is 0.126 e. The maximum atomic E-state index is 6.17. The van der Waals surface area contributed by atoms with Crippen molar-refractivity contribution >= 4 is 24.3 Å². The van der Waals surface area contributed by atoms with Crippen LogP contribution in [0.25, 0.3) is 24.3 Å². The molecule has 40 heavy (non-hydrogen) atoms. The molecular formula is C36H44N2O2. The first-order chi connectivity index (χ1) is 19.8. The van der Waals surface area contributed by atoms with E-state index >= 15 is 0 Å². The van der Waals surface area contributed by atoms with Gasteiger partial charge in [-0.25, -0.2) is 0 Å². The third kappa shape index (κ3) is 8.84. The van der Waals surface area contributed by atoms with Crippen molar-refractivity contribution in [2.75, 3.05) is 52.5 Å². The Labute approximate surface area is 240 Å². The Morgan fingerprint density at radius 2 is 0.875 bits per heavy atom. The maximum Gasteiger partial charge on any atom is 0.126 e. The van der Waals surface area contributed by atoms with Crippen molar-refractivity contribution in [2.24, 2.45) is 0 Å². The molecule has 0 atom stereocenters. The molecule has 2 saturated heterocycles. The van der Waals surface area contributed by atoms with Gasteiger partial charge in [-0.15, -0.1) is 0 Å². The van der Waals surface area contributed by atoms with E-state index in [1.165, 1.54) is 75.8 Å². The lowest BCUT2D eigenvalue weighted by Crippen LogP contribution is -2.33. The van der Waals surface area contributed by atoms with Gasteiger partial charge in [0.1, 0.15) is 24.7 Å². The van der Waals surface area contributed by atoms with Gasteiger partial charge in [-0.05, 0) is 75.1 Å². The van der Waals surface area contributed by atoms with Crippen LogP contribution in [0.2, 0.25) is 0 Å². The molecule has 3 aromatic carbocycles. The van der Waals surface area contributed by atoms with E-state index in [0.29, 0.717) is 0 Å². The lowest BCUT2D eigenvalue weighted by Gasteiger charge is -2.26. The molecule has 0 amide bonds. The minimum absolute atomic E-state index is 0.735. The van der Waals surface area contributed by atoms with Crippen LogP contribution in [0.3, 0.4) is 0 Å². The van der Waals surface area contributed by atoms with Crippen LogP contribution >= 0.6 is 0 Å². The van der Waals surface area contributed by atoms with E-state index in [1.54, 1.807) is 0 Å². The van der Waals surface area contributed by atoms with Crippen LogP contribution in [0.15, 0.2) is 72.8 Å². The van der Waals surface area contributed by atoms with Gasteiger partial charge in [-0.2, -0.15) is 0 Å². The molecule has 5 rings (SSSR count). The first kappa shape index (κ1) is 28.2. The monoisotopic (exact) mass is 536 g/mol. The van der Waals surface area contributed by atoms with Gasteiger partial charge in [0, 0.05) is 24.2 Å². The second-order valence-electron chi connectivity index (χ2n) is 10.9. The van der Waals surface area contributed by atoms with Gasteiger partial charge in [-0.3, -0.25) is 9.80 Å².